The van der Waals surface area contributed by atoms with Gasteiger partial charge in [0, 0.05) is 0 Å². The molecule has 0 aromatic heterocycles. The molecule has 6 heteroatoms. The second kappa shape index (κ2) is 6.35. The minimum absolute atomic E-state index is 0. The number of nitriles is 3. The first-order chi connectivity index (χ1) is 6.68. The molecule has 0 atom stereocenters. The molecule has 0 aliphatic heterocycles. The molecule has 0 aliphatic rings. The van der Waals surface area contributed by atoms with Crippen molar-refractivity contribution < 1.29 is 73.3 Å². The van der Waals surface area contributed by atoms with Crippen molar-refractivity contribution in [1.82, 2.24) is 0 Å². The summed E-state index contributed by atoms with van der Waals surface area (Å²) in [5.74, 6) is 4.54. The zero-order valence-corrected chi connectivity index (χ0v) is 14.4. The fourth-order valence-corrected chi connectivity index (χ4v) is 1.06. The first-order valence-corrected chi connectivity index (χ1v) is 3.84. The van der Waals surface area contributed by atoms with E-state index in [1.165, 1.54) is 12.1 Å². The van der Waals surface area contributed by atoms with E-state index in [1.807, 2.05) is 0 Å². The van der Waals surface area contributed by atoms with Gasteiger partial charge in [0.1, 0.15) is 5.82 Å². The molecular formula is C9H4BCsFN3. The Balaban J connectivity index is 0.00000196. The van der Waals surface area contributed by atoms with Gasteiger partial charge in [0.15, 0.2) is 0 Å². The first kappa shape index (κ1) is 14.7. The molecule has 3 nitrogen and oxygen atoms in total. The Morgan fingerprint density at radius 2 is 1.33 bits per heavy atom. The van der Waals surface area contributed by atoms with Crippen molar-refractivity contribution >= 4 is 11.6 Å². The van der Waals surface area contributed by atoms with E-state index in [0.717, 1.165) is 12.1 Å². The van der Waals surface area contributed by atoms with Gasteiger partial charge in [-0.1, -0.05) is 12.1 Å². The summed E-state index contributed by atoms with van der Waals surface area (Å²) < 4.78 is 12.5. The van der Waals surface area contributed by atoms with Crippen LogP contribution in [-0.4, -0.2) is 6.15 Å². The normalized spacial score (nSPS) is 8.93. The molecule has 1 rings (SSSR count). The van der Waals surface area contributed by atoms with Gasteiger partial charge in [-0.2, -0.15) is 5.46 Å². The predicted molar refractivity (Wildman–Crippen MR) is 48.6 cm³/mol. The largest absolute Gasteiger partial charge is 1.00 e. The second-order valence-corrected chi connectivity index (χ2v) is 2.80. The van der Waals surface area contributed by atoms with Gasteiger partial charge in [0.05, 0.1) is 0 Å². The van der Waals surface area contributed by atoms with Crippen molar-refractivity contribution in [2.45, 2.75) is 0 Å². The van der Waals surface area contributed by atoms with Gasteiger partial charge in [0.2, 0.25) is 0 Å². The van der Waals surface area contributed by atoms with Gasteiger partial charge < -0.3 is 0 Å². The third-order valence-corrected chi connectivity index (χ3v) is 1.95. The Morgan fingerprint density at radius 1 is 0.933 bits per heavy atom. The molecule has 0 spiro atoms. The van der Waals surface area contributed by atoms with Crippen LogP contribution in [-0.2, 0) is 0 Å². The fraction of sp³-hybridized carbons (Fsp3) is 0. The smallest absolute Gasteiger partial charge is 0.246 e. The standard InChI is InChI=1S/C9H4BFN3.Cs/c11-9-3-1-8(2-4-9)10(5-12,6-13)7-14;/h1-4H;/q-1;+1. The van der Waals surface area contributed by atoms with E-state index < -0.39 is 12.0 Å². The Kier molecular flexibility index (Phi) is 6.24. The average molecular weight is 317 g/mol. The van der Waals surface area contributed by atoms with Crippen LogP contribution in [0.5, 0.6) is 0 Å². The van der Waals surface area contributed by atoms with Crippen molar-refractivity contribution in [2.24, 2.45) is 0 Å². The van der Waals surface area contributed by atoms with Gasteiger partial charge in [-0.3, -0.25) is 0 Å². The van der Waals surface area contributed by atoms with E-state index in [4.69, 9.17) is 15.8 Å². The molecule has 0 saturated carbocycles. The number of rotatable bonds is 1. The summed E-state index contributed by atoms with van der Waals surface area (Å²) in [5.41, 5.74) is 0.249. The number of nitrogens with zero attached hydrogens (tertiary/aromatic N) is 3. The van der Waals surface area contributed by atoms with E-state index in [0.29, 0.717) is 0 Å². The van der Waals surface area contributed by atoms with Crippen molar-refractivity contribution in [3.05, 3.63) is 30.1 Å². The zero-order valence-electron chi connectivity index (χ0n) is 8.11. The average Bonchev–Trinajstić information content (AvgIpc) is 2.24. The van der Waals surface area contributed by atoms with Crippen LogP contribution in [0.15, 0.2) is 24.3 Å². The molecule has 1 aromatic rings. The van der Waals surface area contributed by atoms with Crippen LogP contribution in [0, 0.1) is 39.5 Å². The molecule has 66 valence electrons. The van der Waals surface area contributed by atoms with E-state index in [9.17, 15) is 4.39 Å². The number of benzene rings is 1. The molecule has 0 radical (unpaired) electrons. The van der Waals surface area contributed by atoms with Crippen molar-refractivity contribution in [1.29, 1.82) is 15.8 Å². The monoisotopic (exact) mass is 317 g/mol. The third kappa shape index (κ3) is 3.09. The van der Waals surface area contributed by atoms with Crippen LogP contribution in [0.3, 0.4) is 0 Å². The SMILES string of the molecule is N#C[B-](C#N)(C#N)c1ccc(F)cc1.[Cs+]. The van der Waals surface area contributed by atoms with Crippen molar-refractivity contribution in [3.63, 3.8) is 0 Å². The number of hydrogen-bond acceptors (Lipinski definition) is 3. The first-order valence-electron chi connectivity index (χ1n) is 3.84. The van der Waals surface area contributed by atoms with Crippen LogP contribution in [0.2, 0.25) is 0 Å². The van der Waals surface area contributed by atoms with E-state index in [2.05, 4.69) is 0 Å². The maximum Gasteiger partial charge on any atom is 1.00 e. The maximum atomic E-state index is 12.5. The number of hydrogen-bond donors (Lipinski definition) is 0. The van der Waals surface area contributed by atoms with Gasteiger partial charge in [-0.25, -0.2) is 20.2 Å². The summed E-state index contributed by atoms with van der Waals surface area (Å²) in [6.07, 6.45) is -2.53. The Hall–Kier alpha value is -0.263. The summed E-state index contributed by atoms with van der Waals surface area (Å²) >= 11 is 0. The minimum atomic E-state index is -2.53. The maximum absolute atomic E-state index is 12.5. The molecule has 0 bridgehead atoms. The fourth-order valence-electron chi connectivity index (χ4n) is 1.06. The molecule has 0 aliphatic carbocycles. The Labute approximate surface area is 146 Å². The third-order valence-electron chi connectivity index (χ3n) is 1.95. The Bertz CT molecular complexity index is 430. The summed E-state index contributed by atoms with van der Waals surface area (Å²) in [7, 11) is 0. The van der Waals surface area contributed by atoms with Gasteiger partial charge in [-0.05, 0) is 12.1 Å². The van der Waals surface area contributed by atoms with E-state index in [1.54, 1.807) is 17.9 Å². The van der Waals surface area contributed by atoms with Gasteiger partial charge in [-0.15, -0.1) is 17.9 Å². The molecule has 0 amide bonds. The van der Waals surface area contributed by atoms with E-state index in [-0.39, 0.29) is 74.4 Å². The molecule has 0 N–H and O–H groups in total. The van der Waals surface area contributed by atoms with Crippen molar-refractivity contribution in [3.8, 4) is 17.9 Å². The van der Waals surface area contributed by atoms with Crippen LogP contribution in [0.1, 0.15) is 0 Å². The second-order valence-electron chi connectivity index (χ2n) is 2.80. The topological polar surface area (TPSA) is 71.4 Å². The molecule has 0 unspecified atom stereocenters. The summed E-state index contributed by atoms with van der Waals surface area (Å²) in [6, 6.07) is 4.81. The van der Waals surface area contributed by atoms with Gasteiger partial charge in [0.25, 0.3) is 0 Å². The van der Waals surface area contributed by atoms with Crippen molar-refractivity contribution in [2.75, 3.05) is 0 Å². The molecule has 0 heterocycles. The molecule has 1 aromatic carbocycles. The predicted octanol–water partition coefficient (Wildman–Crippen LogP) is -2.33. The van der Waals surface area contributed by atoms with Crippen LogP contribution in [0.25, 0.3) is 0 Å². The summed E-state index contributed by atoms with van der Waals surface area (Å²) in [4.78, 5) is 0. The van der Waals surface area contributed by atoms with Crippen LogP contribution < -0.4 is 74.4 Å². The summed E-state index contributed by atoms with van der Waals surface area (Å²) in [6.45, 7) is 0. The van der Waals surface area contributed by atoms with Crippen LogP contribution in [0.4, 0.5) is 4.39 Å². The number of halogens is 1. The molecule has 0 fully saturated rings. The van der Waals surface area contributed by atoms with Gasteiger partial charge >= 0.3 is 75.0 Å². The van der Waals surface area contributed by atoms with E-state index >= 15 is 0 Å². The zero-order chi connectivity index (χ0) is 10.6. The minimum Gasteiger partial charge on any atom is -0.246 e. The molecule has 0 saturated heterocycles. The molecule has 15 heavy (non-hydrogen) atoms. The Morgan fingerprint density at radius 3 is 1.67 bits per heavy atom. The quantitative estimate of drug-likeness (QED) is 0.546. The van der Waals surface area contributed by atoms with Crippen LogP contribution >= 0.6 is 0 Å². The molecular weight excluding hydrogens is 313 g/mol. The summed E-state index contributed by atoms with van der Waals surface area (Å²) in [5, 5.41) is 26.2.